The van der Waals surface area contributed by atoms with Gasteiger partial charge < -0.3 is 0 Å². The molecule has 0 N–H and O–H groups in total. The van der Waals surface area contributed by atoms with Gasteiger partial charge >= 0.3 is 0 Å². The summed E-state index contributed by atoms with van der Waals surface area (Å²) in [7, 11) is 0. The zero-order valence-corrected chi connectivity index (χ0v) is 8.50. The normalized spacial score (nSPS) is 11.5. The molecule has 0 rings (SSSR count). The molecule has 4 heteroatoms. The van der Waals surface area contributed by atoms with Crippen molar-refractivity contribution in [3.05, 3.63) is 23.5 Å². The number of isothiocyanates is 2. The average molecular weight is 196 g/mol. The van der Waals surface area contributed by atoms with Crippen molar-refractivity contribution in [3.63, 3.8) is 0 Å². The van der Waals surface area contributed by atoms with Gasteiger partial charge in [0.1, 0.15) is 0 Å². The van der Waals surface area contributed by atoms with Crippen LogP contribution in [-0.4, -0.2) is 10.3 Å². The van der Waals surface area contributed by atoms with Gasteiger partial charge in [0.25, 0.3) is 0 Å². The number of rotatable bonds is 3. The fourth-order valence-electron chi connectivity index (χ4n) is 0.638. The number of nitrogens with zero attached hydrogens (tertiary/aromatic N) is 2. The molecule has 0 fully saturated rings. The lowest BCUT2D eigenvalue weighted by Gasteiger charge is -1.95. The molecule has 0 aromatic carbocycles. The summed E-state index contributed by atoms with van der Waals surface area (Å²) in [6, 6.07) is 0. The zero-order chi connectivity index (χ0) is 9.40. The lowest BCUT2D eigenvalue weighted by atomic mass is 10.3. The Kier molecular flexibility index (Phi) is 6.25. The first-order valence-electron chi connectivity index (χ1n) is 3.28. The van der Waals surface area contributed by atoms with Crippen LogP contribution in [0, 0.1) is 0 Å². The molecule has 62 valence electrons. The number of thiocarbonyl (C=S) groups is 2. The molecule has 0 bridgehead atoms. The summed E-state index contributed by atoms with van der Waals surface area (Å²) in [5, 5.41) is 4.54. The number of aliphatic imine (C=N–C) groups is 2. The largest absolute Gasteiger partial charge is 0.193 e. The van der Waals surface area contributed by atoms with Gasteiger partial charge in [-0.3, -0.25) is 0 Å². The van der Waals surface area contributed by atoms with Crippen molar-refractivity contribution in [3.8, 4) is 0 Å². The van der Waals surface area contributed by atoms with Crippen molar-refractivity contribution in [2.75, 3.05) is 0 Å². The Morgan fingerprint density at radius 2 is 1.33 bits per heavy atom. The Balaban J connectivity index is 4.96. The van der Waals surface area contributed by atoms with Crippen LogP contribution in [-0.2, 0) is 0 Å². The summed E-state index contributed by atoms with van der Waals surface area (Å²) < 4.78 is 0. The van der Waals surface area contributed by atoms with E-state index in [0.29, 0.717) is 11.4 Å². The maximum Gasteiger partial charge on any atom is 0.0958 e. The highest BCUT2D eigenvalue weighted by molar-refractivity contribution is 7.78. The van der Waals surface area contributed by atoms with E-state index < -0.39 is 0 Å². The summed E-state index contributed by atoms with van der Waals surface area (Å²) in [5.41, 5.74) is 1.31. The van der Waals surface area contributed by atoms with Crippen molar-refractivity contribution >= 4 is 34.8 Å². The van der Waals surface area contributed by atoms with Gasteiger partial charge in [-0.15, -0.1) is 0 Å². The minimum atomic E-state index is 0.657. The van der Waals surface area contributed by atoms with Gasteiger partial charge in [-0.2, -0.15) is 9.98 Å². The monoisotopic (exact) mass is 196 g/mol. The molecule has 0 heterocycles. The van der Waals surface area contributed by atoms with Gasteiger partial charge in [0.05, 0.1) is 21.7 Å². The Hall–Kier alpha value is -0.920. The smallest absolute Gasteiger partial charge is 0.0958 e. The quantitative estimate of drug-likeness (QED) is 0.394. The number of hydrogen-bond acceptors (Lipinski definition) is 4. The Labute approximate surface area is 82.4 Å². The minimum absolute atomic E-state index is 0.657. The Bertz CT molecular complexity index is 271. The van der Waals surface area contributed by atoms with E-state index in [9.17, 15) is 0 Å². The predicted octanol–water partition coefficient (Wildman–Crippen LogP) is 3.00. The number of allylic oxidation sites excluding steroid dienone is 2. The summed E-state index contributed by atoms with van der Waals surface area (Å²) >= 11 is 8.95. The molecule has 0 aliphatic carbocycles. The highest BCUT2D eigenvalue weighted by Gasteiger charge is 1.97. The molecule has 0 saturated carbocycles. The fraction of sp³-hybridized carbons (Fsp3) is 0.250. The van der Waals surface area contributed by atoms with Gasteiger partial charge in [-0.05, 0) is 38.3 Å². The van der Waals surface area contributed by atoms with E-state index in [-0.39, 0.29) is 0 Å². The Morgan fingerprint density at radius 1 is 1.00 bits per heavy atom. The molecule has 0 radical (unpaired) electrons. The maximum absolute atomic E-state index is 4.47. The van der Waals surface area contributed by atoms with Crippen LogP contribution < -0.4 is 0 Å². The molecule has 0 aromatic rings. The van der Waals surface area contributed by atoms with Gasteiger partial charge in [0.2, 0.25) is 0 Å². The lowest BCUT2D eigenvalue weighted by molar-refractivity contribution is 1.23. The standard InChI is InChI=1S/C8H8N2S2/c1-3-7(9-5-11)8(4-2)10-6-12/h3-4H,1-2H3/b7-3+,8-4+. The molecule has 0 amide bonds. The van der Waals surface area contributed by atoms with E-state index in [1.54, 1.807) is 12.2 Å². The van der Waals surface area contributed by atoms with Gasteiger partial charge in [0, 0.05) is 0 Å². The van der Waals surface area contributed by atoms with Crippen LogP contribution in [0.25, 0.3) is 0 Å². The van der Waals surface area contributed by atoms with E-state index in [1.807, 2.05) is 13.8 Å². The van der Waals surface area contributed by atoms with Crippen molar-refractivity contribution in [1.29, 1.82) is 0 Å². The Morgan fingerprint density at radius 3 is 1.50 bits per heavy atom. The predicted molar refractivity (Wildman–Crippen MR) is 57.6 cm³/mol. The molecule has 0 unspecified atom stereocenters. The molecule has 0 atom stereocenters. The summed E-state index contributed by atoms with van der Waals surface area (Å²) in [4.78, 5) is 7.62. The second-order valence-corrected chi connectivity index (χ2v) is 2.12. The molecule has 0 aliphatic heterocycles. The third-order valence-corrected chi connectivity index (χ3v) is 1.32. The first kappa shape index (κ1) is 11.1. The van der Waals surface area contributed by atoms with E-state index >= 15 is 0 Å². The van der Waals surface area contributed by atoms with Crippen LogP contribution in [0.5, 0.6) is 0 Å². The van der Waals surface area contributed by atoms with Crippen LogP contribution >= 0.6 is 24.4 Å². The average Bonchev–Trinajstić information content (AvgIpc) is 2.11. The fourth-order valence-corrected chi connectivity index (χ4v) is 0.834. The molecule has 0 aliphatic rings. The molecule has 0 spiro atoms. The highest BCUT2D eigenvalue weighted by atomic mass is 32.1. The summed E-state index contributed by atoms with van der Waals surface area (Å²) in [6.45, 7) is 3.68. The number of hydrogen-bond donors (Lipinski definition) is 0. The van der Waals surface area contributed by atoms with Crippen LogP contribution in [0.15, 0.2) is 33.5 Å². The maximum atomic E-state index is 4.47. The molecule has 0 saturated heterocycles. The van der Waals surface area contributed by atoms with Crippen LogP contribution in [0.3, 0.4) is 0 Å². The van der Waals surface area contributed by atoms with Crippen LogP contribution in [0.1, 0.15) is 13.8 Å². The molecular weight excluding hydrogens is 188 g/mol. The van der Waals surface area contributed by atoms with Crippen LogP contribution in [0.4, 0.5) is 0 Å². The molecule has 0 aromatic heterocycles. The lowest BCUT2D eigenvalue weighted by Crippen LogP contribution is -1.81. The van der Waals surface area contributed by atoms with Gasteiger partial charge in [-0.1, -0.05) is 12.2 Å². The summed E-state index contributed by atoms with van der Waals surface area (Å²) in [5.74, 6) is 0. The second kappa shape index (κ2) is 6.77. The second-order valence-electron chi connectivity index (χ2n) is 1.75. The molecule has 2 nitrogen and oxygen atoms in total. The van der Waals surface area contributed by atoms with E-state index in [4.69, 9.17) is 0 Å². The molecular formula is C8H8N2S2. The SMILES string of the molecule is C/C=C(N=C=S)\C(=C/C)N=C=S. The third-order valence-electron chi connectivity index (χ3n) is 1.14. The zero-order valence-electron chi connectivity index (χ0n) is 6.87. The van der Waals surface area contributed by atoms with Gasteiger partial charge in [0.15, 0.2) is 0 Å². The van der Waals surface area contributed by atoms with E-state index in [1.165, 1.54) is 0 Å². The first-order valence-corrected chi connectivity index (χ1v) is 4.10. The van der Waals surface area contributed by atoms with Crippen molar-refractivity contribution in [2.24, 2.45) is 9.98 Å². The van der Waals surface area contributed by atoms with E-state index in [2.05, 4.69) is 44.7 Å². The van der Waals surface area contributed by atoms with Crippen LogP contribution in [0.2, 0.25) is 0 Å². The van der Waals surface area contributed by atoms with E-state index in [0.717, 1.165) is 0 Å². The van der Waals surface area contributed by atoms with Crippen molar-refractivity contribution < 1.29 is 0 Å². The third kappa shape index (κ3) is 3.46. The van der Waals surface area contributed by atoms with Crippen molar-refractivity contribution in [2.45, 2.75) is 13.8 Å². The summed E-state index contributed by atoms with van der Waals surface area (Å²) in [6.07, 6.45) is 3.57. The minimum Gasteiger partial charge on any atom is -0.193 e. The highest BCUT2D eigenvalue weighted by Crippen LogP contribution is 2.11. The molecule has 12 heavy (non-hydrogen) atoms. The topological polar surface area (TPSA) is 24.7 Å². The van der Waals surface area contributed by atoms with Gasteiger partial charge in [-0.25, -0.2) is 0 Å². The van der Waals surface area contributed by atoms with Crippen molar-refractivity contribution in [1.82, 2.24) is 0 Å². The first-order chi connectivity index (χ1) is 5.79.